The number of nitrogens with zero attached hydrogens (tertiary/aromatic N) is 1. The maximum atomic E-state index is 12.7. The van der Waals surface area contributed by atoms with Crippen LogP contribution in [-0.2, 0) is 45.6 Å². The number of aryl methyl sites for hydroxylation is 1. The predicted molar refractivity (Wildman–Crippen MR) is 161 cm³/mol. The van der Waals surface area contributed by atoms with Crippen LogP contribution in [0.5, 0.6) is 0 Å². The molecule has 3 heterocycles. The van der Waals surface area contributed by atoms with Crippen molar-refractivity contribution in [3.63, 3.8) is 0 Å². The van der Waals surface area contributed by atoms with Crippen molar-refractivity contribution in [1.82, 2.24) is 14.9 Å². The summed E-state index contributed by atoms with van der Waals surface area (Å²) < 4.78 is 74.4. The Morgan fingerprint density at radius 1 is 0.981 bits per heavy atom. The van der Waals surface area contributed by atoms with Gasteiger partial charge in [0.05, 0.1) is 23.9 Å². The number of carbonyl (C=O) groups is 1. The first kappa shape index (κ1) is 47.8. The van der Waals surface area contributed by atoms with E-state index in [2.05, 4.69) is 13.4 Å². The molecule has 4 rings (SSSR count). The number of hydrogen-bond acceptors (Lipinski definition) is 20. The van der Waals surface area contributed by atoms with E-state index in [1.54, 1.807) is 6.92 Å². The molecule has 11 unspecified atom stereocenters. The number of benzene rings is 1. The smallest absolute Gasteiger partial charge is 0.756 e. The van der Waals surface area contributed by atoms with Gasteiger partial charge in [-0.05, 0) is 29.9 Å². The van der Waals surface area contributed by atoms with Crippen LogP contribution in [0, 0.1) is 6.92 Å². The van der Waals surface area contributed by atoms with Crippen molar-refractivity contribution >= 4 is 41.2 Å². The summed E-state index contributed by atoms with van der Waals surface area (Å²) in [5.74, 6) is -1.96. The van der Waals surface area contributed by atoms with Crippen molar-refractivity contribution in [3.8, 4) is 0 Å². The monoisotopic (exact) mass is 837 g/mol. The Balaban J connectivity index is 0.00000468. The van der Waals surface area contributed by atoms with E-state index in [1.165, 1.54) is 24.3 Å². The van der Waals surface area contributed by atoms with Crippen LogP contribution in [-0.4, -0.2) is 117 Å². The van der Waals surface area contributed by atoms with E-state index in [0.717, 1.165) is 17.8 Å². The predicted octanol–water partition coefficient (Wildman–Crippen LogP) is -10.5. The van der Waals surface area contributed by atoms with Crippen LogP contribution in [0.25, 0.3) is 0 Å². The Hall–Kier alpha value is -0.350. The van der Waals surface area contributed by atoms with Crippen LogP contribution in [0.3, 0.4) is 0 Å². The molecule has 52 heavy (non-hydrogen) atoms. The van der Waals surface area contributed by atoms with Gasteiger partial charge in [0.15, 0.2) is 12.5 Å². The average molecular weight is 838 g/mol. The fraction of sp³-hybridized carbons (Fsp3) is 0.542. The molecule has 22 nitrogen and oxygen atoms in total. The molecule has 2 aliphatic rings. The molecular formula is C24H31N3Na2O19P2S2. The first-order valence-electron chi connectivity index (χ1n) is 14.1. The van der Waals surface area contributed by atoms with E-state index in [9.17, 15) is 67.3 Å². The van der Waals surface area contributed by atoms with Crippen molar-refractivity contribution in [3.05, 3.63) is 62.9 Å². The molecule has 2 aliphatic heterocycles. The van der Waals surface area contributed by atoms with Gasteiger partial charge in [0, 0.05) is 12.3 Å². The zero-order chi connectivity index (χ0) is 37.2. The minimum absolute atomic E-state index is 0. The molecule has 2 saturated heterocycles. The molecule has 0 radical (unpaired) electrons. The number of nitrogens with one attached hydrogen (secondary N) is 2. The minimum Gasteiger partial charge on any atom is -0.756 e. The third-order valence-electron chi connectivity index (χ3n) is 7.16. The topological polar surface area (TPSA) is 346 Å². The van der Waals surface area contributed by atoms with Crippen molar-refractivity contribution in [1.29, 1.82) is 0 Å². The summed E-state index contributed by atoms with van der Waals surface area (Å²) in [5, 5.41) is 52.9. The second-order valence-corrected chi connectivity index (χ2v) is 17.6. The zero-order valence-corrected chi connectivity index (χ0v) is 34.8. The Kier molecular flexibility index (Phi) is 18.1. The van der Waals surface area contributed by atoms with Crippen LogP contribution < -0.4 is 85.5 Å². The number of ether oxygens (including phenoxy) is 2. The van der Waals surface area contributed by atoms with Crippen molar-refractivity contribution in [2.75, 3.05) is 19.0 Å². The fourth-order valence-electron chi connectivity index (χ4n) is 4.64. The maximum absolute atomic E-state index is 12.7. The minimum atomic E-state index is -6.13. The number of aliphatic hydroxyl groups is 5. The molecule has 280 valence electrons. The molecule has 2 aromatic rings. The number of aromatic amines is 1. The van der Waals surface area contributed by atoms with Crippen molar-refractivity contribution < 1.29 is 140 Å². The summed E-state index contributed by atoms with van der Waals surface area (Å²) in [4.78, 5) is 62.8. The van der Waals surface area contributed by atoms with Gasteiger partial charge in [0.25, 0.3) is 21.2 Å². The Morgan fingerprint density at radius 2 is 1.60 bits per heavy atom. The molecule has 0 spiro atoms. The molecular weight excluding hydrogens is 806 g/mol. The first-order valence-corrected chi connectivity index (χ1v) is 20.0. The van der Waals surface area contributed by atoms with Gasteiger partial charge >= 0.3 is 64.8 Å². The summed E-state index contributed by atoms with van der Waals surface area (Å²) in [6.07, 6.45) is -14.4. The number of hydrogen-bond donors (Lipinski definition) is 7. The fourth-order valence-corrected chi connectivity index (χ4v) is 9.21. The summed E-state index contributed by atoms with van der Waals surface area (Å²) in [5.41, 5.74) is -1.08. The van der Waals surface area contributed by atoms with E-state index >= 15 is 0 Å². The number of aliphatic hydroxyl groups excluding tert-OH is 5. The van der Waals surface area contributed by atoms with Gasteiger partial charge in [0.2, 0.25) is 14.8 Å². The molecule has 11 atom stereocenters. The van der Waals surface area contributed by atoms with Crippen LogP contribution in [0.4, 0.5) is 0 Å². The van der Waals surface area contributed by atoms with Gasteiger partial charge in [-0.15, -0.1) is 0 Å². The number of phosphoric acid groups is 2. The molecule has 1 amide bonds. The van der Waals surface area contributed by atoms with E-state index < -0.39 is 116 Å². The standard InChI is InChI=1S/C24H33N3O19P2S2.2Na/c1-11-2-4-12(5-3-11)50(40,41)49-10-16(30)25-17-20(33)18(31)13(8-28)44-23(17)45-48(38,39)46-47(36,37)42-9-14-19(32)21(34)22(43-14)27-7-6-15(29)26-24(27)35;;/h2-7,13-14,17-23,28,31-34H,8-10H2,1H3,(H,25,30)(H,36,37)(H,38,39)(H,26,29,35);;/q;2*+1/p-2. The number of rotatable bonds is 14. The molecule has 0 saturated carbocycles. The normalized spacial score (nSPS) is 29.9. The average Bonchev–Trinajstić information content (AvgIpc) is 3.30. The Bertz CT molecular complexity index is 1850. The number of H-pyrrole nitrogens is 1. The van der Waals surface area contributed by atoms with Crippen LogP contribution in [0.1, 0.15) is 11.8 Å². The molecule has 1 aromatic heterocycles. The van der Waals surface area contributed by atoms with Gasteiger partial charge in [-0.25, -0.2) is 17.5 Å². The maximum Gasteiger partial charge on any atom is 1.00 e. The first-order chi connectivity index (χ1) is 23.2. The van der Waals surface area contributed by atoms with Gasteiger partial charge in [-0.3, -0.25) is 32.8 Å². The van der Waals surface area contributed by atoms with Gasteiger partial charge in [-0.2, -0.15) is 0 Å². The zero-order valence-electron chi connectivity index (χ0n) is 27.4. The van der Waals surface area contributed by atoms with E-state index in [0.29, 0.717) is 4.57 Å². The van der Waals surface area contributed by atoms with E-state index in [-0.39, 0.29) is 74.8 Å². The third kappa shape index (κ3) is 12.3. The third-order valence-corrected chi connectivity index (χ3v) is 13.1. The summed E-state index contributed by atoms with van der Waals surface area (Å²) in [6, 6.07) is 4.51. The summed E-state index contributed by atoms with van der Waals surface area (Å²) in [6.45, 7) is -0.496. The molecule has 7 N–H and O–H groups in total. The second kappa shape index (κ2) is 19.7. The largest absolute Gasteiger partial charge is 1.00 e. The van der Waals surface area contributed by atoms with Crippen LogP contribution >= 0.6 is 26.4 Å². The summed E-state index contributed by atoms with van der Waals surface area (Å²) >= 11 is 0. The van der Waals surface area contributed by atoms with Crippen LogP contribution in [0.2, 0.25) is 0 Å². The Morgan fingerprint density at radius 3 is 2.19 bits per heavy atom. The Labute approximate surface area is 341 Å². The molecule has 0 aliphatic carbocycles. The number of amides is 1. The van der Waals surface area contributed by atoms with Gasteiger partial charge in [-0.1, -0.05) is 17.7 Å². The SMILES string of the molecule is Cc1ccc(S(=O)(=O)SCC(=O)NC2C(OP(=O)([O-])OP(=O)([O-])OCC3OC(n4ccc(=O)[nH]c4=O)C(O)C3O)OC(CO)C(O)C2O)cc1.[Na+].[Na+]. The molecule has 28 heteroatoms. The number of phosphoric ester groups is 2. The van der Waals surface area contributed by atoms with Gasteiger partial charge < -0.3 is 54.6 Å². The van der Waals surface area contributed by atoms with E-state index in [4.69, 9.17) is 9.47 Å². The second-order valence-electron chi connectivity index (χ2n) is 10.8. The van der Waals surface area contributed by atoms with E-state index in [1.807, 2.05) is 10.3 Å². The molecule has 0 bridgehead atoms. The molecule has 1 aromatic carbocycles. The summed E-state index contributed by atoms with van der Waals surface area (Å²) in [7, 11) is -16.0. The quantitative estimate of drug-likeness (QED) is 0.0528. The van der Waals surface area contributed by atoms with Gasteiger partial charge in [0.1, 0.15) is 42.7 Å². The molecule has 2 fully saturated rings. The van der Waals surface area contributed by atoms with Crippen molar-refractivity contribution in [2.45, 2.75) is 67.0 Å². The van der Waals surface area contributed by atoms with Crippen LogP contribution in [0.15, 0.2) is 51.0 Å². The van der Waals surface area contributed by atoms with Crippen molar-refractivity contribution in [2.24, 2.45) is 0 Å². The number of carbonyl (C=O) groups excluding carboxylic acids is 1. The number of aromatic nitrogens is 2.